The van der Waals surface area contributed by atoms with Gasteiger partial charge in [0.25, 0.3) is 0 Å². The molecular formula is C26H38FNaO6. The fraction of sp³-hybridized carbons (Fsp3) is 0.846. The number of carbonyl (C=O) groups is 3. The number of halogens is 1. The van der Waals surface area contributed by atoms with Crippen LogP contribution in [-0.4, -0.2) is 45.1 Å². The second-order valence-electron chi connectivity index (χ2n) is 11.6. The molecule has 0 bridgehead atoms. The van der Waals surface area contributed by atoms with Gasteiger partial charge >= 0.3 is 35.5 Å². The number of hydrogen-bond donors (Lipinski definition) is 2. The SMILES string of the molecule is CCCC(=O)O[C@@]1(C(=O)[CH-]O)[C@@H](C)C[C@H]2[C@@H]3CC[C@H]4CC(=O)CC[C@]4(C)[C@@]3(F)[C@@H](O)C[C@@]21C.[Na+]. The van der Waals surface area contributed by atoms with Crippen molar-refractivity contribution in [3.8, 4) is 0 Å². The smallest absolute Gasteiger partial charge is 0.540 e. The van der Waals surface area contributed by atoms with Crippen LogP contribution in [0.2, 0.25) is 0 Å². The van der Waals surface area contributed by atoms with Gasteiger partial charge in [-0.25, -0.2) is 11.0 Å². The zero-order chi connectivity index (χ0) is 24.4. The van der Waals surface area contributed by atoms with Gasteiger partial charge in [0.15, 0.2) is 5.60 Å². The summed E-state index contributed by atoms with van der Waals surface area (Å²) in [5, 5.41) is 21.2. The predicted octanol–water partition coefficient (Wildman–Crippen LogP) is 1.10. The van der Waals surface area contributed by atoms with Crippen molar-refractivity contribution >= 4 is 17.5 Å². The predicted molar refractivity (Wildman–Crippen MR) is 118 cm³/mol. The molecule has 0 aromatic carbocycles. The normalized spacial score (nSPS) is 47.5. The van der Waals surface area contributed by atoms with Gasteiger partial charge in [-0.1, -0.05) is 27.7 Å². The quantitative estimate of drug-likeness (QED) is 0.342. The molecule has 4 aliphatic rings. The van der Waals surface area contributed by atoms with Crippen LogP contribution in [0.4, 0.5) is 4.39 Å². The summed E-state index contributed by atoms with van der Waals surface area (Å²) in [6.45, 7) is 7.85. The van der Waals surface area contributed by atoms with E-state index in [-0.39, 0.29) is 60.0 Å². The van der Waals surface area contributed by atoms with Gasteiger partial charge in [0.1, 0.15) is 11.5 Å². The Hall–Kier alpha value is -0.470. The summed E-state index contributed by atoms with van der Waals surface area (Å²) in [6.07, 6.45) is 2.09. The van der Waals surface area contributed by atoms with Crippen molar-refractivity contribution in [1.82, 2.24) is 0 Å². The molecule has 4 saturated carbocycles. The van der Waals surface area contributed by atoms with Gasteiger partial charge in [-0.3, -0.25) is 9.59 Å². The summed E-state index contributed by atoms with van der Waals surface area (Å²) in [5.41, 5.74) is -5.35. The number of rotatable bonds is 5. The molecule has 34 heavy (non-hydrogen) atoms. The summed E-state index contributed by atoms with van der Waals surface area (Å²) in [6, 6.07) is 0. The van der Waals surface area contributed by atoms with Crippen LogP contribution in [0.15, 0.2) is 0 Å². The first-order chi connectivity index (χ1) is 15.4. The molecule has 0 amide bonds. The maximum atomic E-state index is 17.3. The third kappa shape index (κ3) is 3.51. The number of aliphatic hydroxyl groups excluding tert-OH is 2. The van der Waals surface area contributed by atoms with Crippen LogP contribution < -0.4 is 29.6 Å². The summed E-state index contributed by atoms with van der Waals surface area (Å²) in [5.74, 6) is -2.39. The van der Waals surface area contributed by atoms with Gasteiger partial charge in [0, 0.05) is 36.0 Å². The Morgan fingerprint density at radius 3 is 2.50 bits per heavy atom. The topological polar surface area (TPSA) is 101 Å². The molecule has 0 spiro atoms. The van der Waals surface area contributed by atoms with Gasteiger partial charge in [-0.05, 0) is 56.3 Å². The average molecular weight is 489 g/mol. The summed E-state index contributed by atoms with van der Waals surface area (Å²) in [4.78, 5) is 38.0. The monoisotopic (exact) mass is 488 g/mol. The van der Waals surface area contributed by atoms with Crippen molar-refractivity contribution in [1.29, 1.82) is 0 Å². The van der Waals surface area contributed by atoms with Crippen LogP contribution in [-0.2, 0) is 19.1 Å². The Morgan fingerprint density at radius 2 is 1.88 bits per heavy atom. The van der Waals surface area contributed by atoms with Crippen LogP contribution in [0.1, 0.15) is 85.5 Å². The zero-order valence-corrected chi connectivity index (χ0v) is 23.2. The summed E-state index contributed by atoms with van der Waals surface area (Å²) >= 11 is 0. The van der Waals surface area contributed by atoms with Crippen LogP contribution in [0, 0.1) is 41.1 Å². The molecule has 0 saturated heterocycles. The number of carbonyl (C=O) groups excluding carboxylic acids is 3. The number of fused-ring (bicyclic) bond motifs is 5. The van der Waals surface area contributed by atoms with Gasteiger partial charge in [0.05, 0.1) is 11.9 Å². The maximum absolute atomic E-state index is 17.3. The number of ketones is 2. The van der Waals surface area contributed by atoms with E-state index in [2.05, 4.69) is 0 Å². The molecule has 0 radical (unpaired) electrons. The van der Waals surface area contributed by atoms with Crippen LogP contribution in [0.5, 0.6) is 0 Å². The third-order valence-corrected chi connectivity index (χ3v) is 10.3. The Labute approximate surface area is 224 Å². The number of aliphatic hydroxyl groups is 2. The van der Waals surface area contributed by atoms with E-state index in [1.165, 1.54) is 0 Å². The van der Waals surface area contributed by atoms with E-state index >= 15 is 4.39 Å². The molecule has 2 N–H and O–H groups in total. The number of hydrogen-bond acceptors (Lipinski definition) is 6. The largest absolute Gasteiger partial charge is 1.00 e. The Morgan fingerprint density at radius 1 is 1.21 bits per heavy atom. The first-order valence-corrected chi connectivity index (χ1v) is 12.5. The summed E-state index contributed by atoms with van der Waals surface area (Å²) in [7, 11) is 0. The minimum atomic E-state index is -1.88. The molecule has 4 rings (SSSR count). The molecule has 6 nitrogen and oxygen atoms in total. The minimum Gasteiger partial charge on any atom is -0.540 e. The Balaban J connectivity index is 0.00000324. The van der Waals surface area contributed by atoms with Gasteiger partial charge in [-0.2, -0.15) is 0 Å². The average Bonchev–Trinajstić information content (AvgIpc) is 2.97. The molecule has 0 aromatic rings. The molecule has 8 heteroatoms. The molecule has 0 unspecified atom stereocenters. The van der Waals surface area contributed by atoms with Crippen molar-refractivity contribution in [3.05, 3.63) is 6.61 Å². The van der Waals surface area contributed by atoms with Crippen molar-refractivity contribution in [2.24, 2.45) is 34.5 Å². The van der Waals surface area contributed by atoms with Gasteiger partial charge < -0.3 is 19.7 Å². The second kappa shape index (κ2) is 9.44. The van der Waals surface area contributed by atoms with Crippen molar-refractivity contribution < 1.29 is 63.3 Å². The van der Waals surface area contributed by atoms with Gasteiger partial charge in [0.2, 0.25) is 0 Å². The third-order valence-electron chi connectivity index (χ3n) is 10.3. The van der Waals surface area contributed by atoms with E-state index in [0.29, 0.717) is 51.6 Å². The van der Waals surface area contributed by atoms with Crippen LogP contribution >= 0.6 is 0 Å². The number of alkyl halides is 1. The molecule has 186 valence electrons. The van der Waals surface area contributed by atoms with Crippen molar-refractivity contribution in [2.45, 2.75) is 103 Å². The Bertz CT molecular complexity index is 851. The maximum Gasteiger partial charge on any atom is 1.00 e. The first-order valence-electron chi connectivity index (χ1n) is 12.5. The van der Waals surface area contributed by atoms with Crippen LogP contribution in [0.3, 0.4) is 0 Å². The van der Waals surface area contributed by atoms with Crippen LogP contribution in [0.25, 0.3) is 0 Å². The van der Waals surface area contributed by atoms with E-state index < -0.39 is 51.8 Å². The zero-order valence-electron chi connectivity index (χ0n) is 21.2. The molecule has 0 aromatic heterocycles. The van der Waals surface area contributed by atoms with E-state index in [9.17, 15) is 24.6 Å². The molecule has 0 heterocycles. The Kier molecular flexibility index (Phi) is 7.80. The second-order valence-corrected chi connectivity index (χ2v) is 11.6. The van der Waals surface area contributed by atoms with E-state index in [1.807, 2.05) is 27.7 Å². The molecular weight excluding hydrogens is 450 g/mol. The van der Waals surface area contributed by atoms with Crippen molar-refractivity contribution in [3.63, 3.8) is 0 Å². The van der Waals surface area contributed by atoms with E-state index in [0.717, 1.165) is 0 Å². The fourth-order valence-electron chi connectivity index (χ4n) is 8.70. The van der Waals surface area contributed by atoms with Gasteiger partial charge in [-0.15, -0.1) is 0 Å². The number of esters is 1. The minimum absolute atomic E-state index is 0. The van der Waals surface area contributed by atoms with E-state index in [4.69, 9.17) is 4.74 Å². The molecule has 9 atom stereocenters. The number of ether oxygens (including phenoxy) is 1. The molecule has 4 aliphatic carbocycles. The van der Waals surface area contributed by atoms with E-state index in [1.54, 1.807) is 0 Å². The molecule has 4 fully saturated rings. The standard InChI is InChI=1S/C26H38FO6.Na/c1-5-6-22(32)33-26(21(31)14-28)15(2)11-19-18-8-7-16-12-17(29)9-10-23(16,3)25(18,27)20(30)13-24(19,26)4;/h14-16,18-20,28,30H,5-13H2,1-4H3;/q-1;+1/t15-,16-,18-,19-,20-,23-,24-,25-,26+;/m0./s1. The molecule has 0 aliphatic heterocycles. The number of Topliss-reactive ketones (excluding diaryl/α,β-unsaturated/α-hetero) is 2. The fourth-order valence-corrected chi connectivity index (χ4v) is 8.70. The van der Waals surface area contributed by atoms with Crippen molar-refractivity contribution in [2.75, 3.05) is 0 Å². The summed E-state index contributed by atoms with van der Waals surface area (Å²) < 4.78 is 23.2. The first kappa shape index (κ1) is 28.1.